The van der Waals surface area contributed by atoms with E-state index in [1.165, 1.54) is 0 Å². The normalized spacial score (nSPS) is 9.47. The van der Waals surface area contributed by atoms with Crippen molar-refractivity contribution in [2.75, 3.05) is 37.8 Å². The average molecular weight is 473 g/mol. The van der Waals surface area contributed by atoms with Gasteiger partial charge in [0.05, 0.1) is 18.6 Å². The molecule has 13 nitrogen and oxygen atoms in total. The Bertz CT molecular complexity index is 1020. The Balaban J connectivity index is 0.000000872. The van der Waals surface area contributed by atoms with E-state index >= 15 is 0 Å². The van der Waals surface area contributed by atoms with Crippen LogP contribution in [0.1, 0.15) is 10.4 Å². The highest BCUT2D eigenvalue weighted by Crippen LogP contribution is 2.22. The summed E-state index contributed by atoms with van der Waals surface area (Å²) in [7, 11) is 1.77. The van der Waals surface area contributed by atoms with Crippen LogP contribution >= 0.6 is 0 Å². The van der Waals surface area contributed by atoms with E-state index in [0.29, 0.717) is 36.7 Å². The van der Waals surface area contributed by atoms with Gasteiger partial charge in [-0.2, -0.15) is 4.98 Å². The number of hydrogen-bond donors (Lipinski definition) is 5. The number of nitrogens with two attached hydrogens (primary N) is 1. The molecule has 0 fully saturated rings. The van der Waals surface area contributed by atoms with Crippen LogP contribution in [0.5, 0.6) is 0 Å². The molecule has 0 saturated carbocycles. The van der Waals surface area contributed by atoms with Gasteiger partial charge in [0, 0.05) is 56.3 Å². The molecule has 1 amide bonds. The highest BCUT2D eigenvalue weighted by atomic mass is 16.3. The topological polar surface area (TPSA) is 197 Å². The Morgan fingerprint density at radius 3 is 2.53 bits per heavy atom. The summed E-state index contributed by atoms with van der Waals surface area (Å²) in [5.74, 6) is 0.556. The largest absolute Gasteiger partial charge is 0.483 e. The van der Waals surface area contributed by atoms with Crippen molar-refractivity contribution in [2.24, 2.45) is 0 Å². The summed E-state index contributed by atoms with van der Waals surface area (Å²) in [6, 6.07) is 8.96. The predicted molar refractivity (Wildman–Crippen MR) is 124 cm³/mol. The molecule has 2 aromatic heterocycles. The van der Waals surface area contributed by atoms with E-state index < -0.39 is 0 Å². The number of aliphatic hydroxyl groups excluding tert-OH is 1. The lowest BCUT2D eigenvalue weighted by atomic mass is 10.1. The van der Waals surface area contributed by atoms with Gasteiger partial charge < -0.3 is 35.8 Å². The first-order chi connectivity index (χ1) is 16.4. The molecule has 0 saturated heterocycles. The molecule has 0 unspecified atom stereocenters. The van der Waals surface area contributed by atoms with Gasteiger partial charge in [-0.15, -0.1) is 0 Å². The molecule has 182 valence electrons. The molecular weight excluding hydrogens is 446 g/mol. The minimum Gasteiger partial charge on any atom is -0.483 e. The van der Waals surface area contributed by atoms with Gasteiger partial charge in [-0.25, -0.2) is 9.97 Å². The first-order valence-electron chi connectivity index (χ1n) is 9.86. The number of nitrogens with zero attached hydrogens (tertiary/aromatic N) is 5. The van der Waals surface area contributed by atoms with Crippen LogP contribution in [-0.2, 0) is 16.1 Å². The van der Waals surface area contributed by atoms with E-state index in [9.17, 15) is 4.79 Å². The molecule has 0 radical (unpaired) electrons. The summed E-state index contributed by atoms with van der Waals surface area (Å²) in [5, 5.41) is 25.7. The molecule has 0 aliphatic heterocycles. The number of aromatic nitrogens is 4. The van der Waals surface area contributed by atoms with E-state index in [0.717, 1.165) is 5.56 Å². The maximum Gasteiger partial charge on any atom is 0.290 e. The minimum atomic E-state index is -0.250. The average Bonchev–Trinajstić information content (AvgIpc) is 3.35. The second-order valence-electron chi connectivity index (χ2n) is 6.47. The van der Waals surface area contributed by atoms with Crippen molar-refractivity contribution in [3.05, 3.63) is 54.6 Å². The molecule has 0 spiro atoms. The van der Waals surface area contributed by atoms with Gasteiger partial charge in [-0.1, -0.05) is 12.1 Å². The number of likely N-dealkylation sites (N-methyl/N-ethyl adjacent to an activating group) is 1. The Morgan fingerprint density at radius 2 is 1.91 bits per heavy atom. The lowest BCUT2D eigenvalue weighted by molar-refractivity contribution is -0.123. The van der Waals surface area contributed by atoms with Gasteiger partial charge in [-0.05, 0) is 12.1 Å². The Morgan fingerprint density at radius 1 is 1.21 bits per heavy atom. The number of nitrogen functional groups attached to an aromatic ring is 1. The van der Waals surface area contributed by atoms with Crippen LogP contribution in [0.15, 0.2) is 49.1 Å². The third kappa shape index (κ3) is 9.32. The zero-order valence-corrected chi connectivity index (χ0v) is 18.5. The second-order valence-corrected chi connectivity index (χ2v) is 6.47. The highest BCUT2D eigenvalue weighted by molar-refractivity contribution is 5.95. The molecule has 0 bridgehead atoms. The molecule has 0 aliphatic carbocycles. The molecule has 13 heteroatoms. The minimum absolute atomic E-state index is 0.0192. The first-order valence-corrected chi connectivity index (χ1v) is 9.86. The van der Waals surface area contributed by atoms with E-state index in [-0.39, 0.29) is 31.4 Å². The summed E-state index contributed by atoms with van der Waals surface area (Å²) in [4.78, 5) is 43.5. The number of rotatable bonds is 8. The van der Waals surface area contributed by atoms with Crippen molar-refractivity contribution >= 4 is 30.6 Å². The standard InChI is InChI=1S/C19H23N7O2.2CH2O2/c1-25(8-9-26-7-5-21-13-26)18(28)15-4-2-3-14(11-15)16-12-17(22-6-10-27)24-19(20)23-16;2*2-1-3/h2-5,7,11-13,27H,6,8-10H2,1H3,(H3,20,22,23,24);2*1H,(H,2,3). The summed E-state index contributed by atoms with van der Waals surface area (Å²) >= 11 is 0. The highest BCUT2D eigenvalue weighted by Gasteiger charge is 2.13. The molecule has 2 heterocycles. The fourth-order valence-corrected chi connectivity index (χ4v) is 2.71. The summed E-state index contributed by atoms with van der Waals surface area (Å²) in [5.41, 5.74) is 7.72. The second kappa shape index (κ2) is 15.3. The third-order valence-electron chi connectivity index (χ3n) is 4.17. The maximum atomic E-state index is 12.8. The number of aliphatic hydroxyl groups is 1. The molecule has 0 atom stereocenters. The summed E-state index contributed by atoms with van der Waals surface area (Å²) in [6.45, 7) is 1.07. The summed E-state index contributed by atoms with van der Waals surface area (Å²) in [6.07, 6.45) is 5.30. The van der Waals surface area contributed by atoms with Crippen molar-refractivity contribution in [3.8, 4) is 11.3 Å². The number of imidazole rings is 1. The molecule has 34 heavy (non-hydrogen) atoms. The van der Waals surface area contributed by atoms with Crippen molar-refractivity contribution < 1.29 is 29.7 Å². The molecule has 3 aromatic rings. The van der Waals surface area contributed by atoms with E-state index in [1.54, 1.807) is 42.7 Å². The monoisotopic (exact) mass is 473 g/mol. The van der Waals surface area contributed by atoms with E-state index in [1.807, 2.05) is 22.9 Å². The van der Waals surface area contributed by atoms with Crippen LogP contribution in [0.2, 0.25) is 0 Å². The maximum absolute atomic E-state index is 12.8. The predicted octanol–water partition coefficient (Wildman–Crippen LogP) is 0.500. The van der Waals surface area contributed by atoms with Crippen molar-refractivity contribution in [3.63, 3.8) is 0 Å². The Kier molecular flexibility index (Phi) is 12.4. The molecule has 1 aromatic carbocycles. The fourth-order valence-electron chi connectivity index (χ4n) is 2.71. The number of benzene rings is 1. The number of nitrogens with one attached hydrogen (secondary N) is 1. The van der Waals surface area contributed by atoms with Crippen molar-refractivity contribution in [1.82, 2.24) is 24.4 Å². The number of amides is 1. The lowest BCUT2D eigenvalue weighted by Gasteiger charge is -2.18. The van der Waals surface area contributed by atoms with Gasteiger partial charge in [0.15, 0.2) is 0 Å². The molecule has 0 aliphatic rings. The van der Waals surface area contributed by atoms with Gasteiger partial charge in [0.2, 0.25) is 5.95 Å². The van der Waals surface area contributed by atoms with Crippen LogP contribution < -0.4 is 11.1 Å². The third-order valence-corrected chi connectivity index (χ3v) is 4.17. The fraction of sp³-hybridized carbons (Fsp3) is 0.238. The van der Waals surface area contributed by atoms with Crippen LogP contribution in [0, 0.1) is 0 Å². The zero-order valence-electron chi connectivity index (χ0n) is 18.5. The van der Waals surface area contributed by atoms with Crippen molar-refractivity contribution in [1.29, 1.82) is 0 Å². The van der Waals surface area contributed by atoms with Gasteiger partial charge in [-0.3, -0.25) is 14.4 Å². The smallest absolute Gasteiger partial charge is 0.290 e. The first kappa shape index (κ1) is 27.5. The Labute approximate surface area is 195 Å². The Hall–Kier alpha value is -4.52. The van der Waals surface area contributed by atoms with Crippen LogP contribution in [0.3, 0.4) is 0 Å². The van der Waals surface area contributed by atoms with Crippen LogP contribution in [-0.4, -0.2) is 85.3 Å². The number of carbonyl (C=O) groups is 3. The quantitative estimate of drug-likeness (QED) is 0.286. The van der Waals surface area contributed by atoms with Gasteiger partial charge in [0.1, 0.15) is 5.82 Å². The zero-order chi connectivity index (χ0) is 25.3. The number of hydrogen-bond acceptors (Lipinski definition) is 9. The molecular formula is C21H27N7O6. The van der Waals surface area contributed by atoms with Crippen LogP contribution in [0.4, 0.5) is 11.8 Å². The van der Waals surface area contributed by atoms with Crippen molar-refractivity contribution in [2.45, 2.75) is 6.54 Å². The molecule has 3 rings (SSSR count). The van der Waals surface area contributed by atoms with Crippen LogP contribution in [0.25, 0.3) is 11.3 Å². The number of carboxylic acid groups (broad SMARTS) is 2. The SMILES string of the molecule is CN(CCn1ccnc1)C(=O)c1cccc(-c2cc(NCCO)nc(N)n2)c1.O=CO.O=CO. The van der Waals surface area contributed by atoms with Gasteiger partial charge in [0.25, 0.3) is 18.9 Å². The van der Waals surface area contributed by atoms with Gasteiger partial charge >= 0.3 is 0 Å². The molecule has 6 N–H and O–H groups in total. The number of anilines is 2. The lowest BCUT2D eigenvalue weighted by Crippen LogP contribution is -2.29. The summed E-state index contributed by atoms with van der Waals surface area (Å²) < 4.78 is 1.92. The van der Waals surface area contributed by atoms with E-state index in [2.05, 4.69) is 20.3 Å². The van der Waals surface area contributed by atoms with E-state index in [4.69, 9.17) is 30.6 Å². The number of carbonyl (C=O) groups excluding carboxylic acids is 1.